The second-order valence-corrected chi connectivity index (χ2v) is 28.7. The van der Waals surface area contributed by atoms with E-state index in [2.05, 4.69) is 81.9 Å². The predicted molar refractivity (Wildman–Crippen MR) is 281 cm³/mol. The third-order valence-electron chi connectivity index (χ3n) is 23.5. The number of nitro benzene ring substituents is 1. The first kappa shape index (κ1) is 54.5. The van der Waals surface area contributed by atoms with Gasteiger partial charge < -0.3 is 5.11 Å². The molecule has 8 saturated carbocycles. The number of hydrogen-bond donors (Lipinski definition) is 4. The van der Waals surface area contributed by atoms with E-state index in [0.717, 1.165) is 82.8 Å². The largest absolute Gasteiger partial charge is 0.255 e. The molecule has 68 heavy (non-hydrogen) atoms. The number of aliphatic hydroxyl groups excluding tert-OH is 2. The molecule has 0 spiro atoms. The molecule has 1 aromatic carbocycles. The van der Waals surface area contributed by atoms with Crippen LogP contribution in [0.25, 0.3) is 0 Å². The molecular weight excluding hydrogens is 910 g/mol. The van der Waals surface area contributed by atoms with Crippen LogP contribution in [0.1, 0.15) is 191 Å². The number of fused-ring (bicyclic) bond motifs is 10. The predicted octanol–water partition coefficient (Wildman–Crippen LogP) is 14.8. The van der Waals surface area contributed by atoms with E-state index < -0.39 is 0 Å². The van der Waals surface area contributed by atoms with Gasteiger partial charge in [0.15, 0.2) is 0 Å². The molecule has 0 unspecified atom stereocenters. The summed E-state index contributed by atoms with van der Waals surface area (Å²) in [7, 11) is 0. The fraction of sp³-hybridized carbons (Fsp3) is 0.867. The van der Waals surface area contributed by atoms with Gasteiger partial charge in [0, 0.05) is 0 Å². The Morgan fingerprint density at radius 1 is 0.691 bits per heavy atom. The van der Waals surface area contributed by atoms with E-state index in [1.165, 1.54) is 96.3 Å². The molecule has 7 nitrogen and oxygen atoms in total. The van der Waals surface area contributed by atoms with E-state index in [0.29, 0.717) is 74.7 Å². The molecule has 0 radical (unpaired) electrons. The van der Waals surface area contributed by atoms with Crippen molar-refractivity contribution >= 4 is 25.1 Å². The molecule has 22 atom stereocenters. The average molecular weight is 1010 g/mol. The molecule has 0 saturated heterocycles. The van der Waals surface area contributed by atoms with Gasteiger partial charge in [-0.25, -0.2) is 0 Å². The Morgan fingerprint density at radius 3 is 1.59 bits per heavy atom. The van der Waals surface area contributed by atoms with Gasteiger partial charge in [-0.05, 0) is 109 Å². The number of nitrogens with zero attached hydrogens (tertiary/aromatic N) is 1. The van der Waals surface area contributed by atoms with Crippen molar-refractivity contribution in [2.24, 2.45) is 116 Å². The van der Waals surface area contributed by atoms with Crippen LogP contribution in [-0.2, 0) is 0 Å². The average Bonchev–Trinajstić information content (AvgIpc) is 3.87. The van der Waals surface area contributed by atoms with Crippen molar-refractivity contribution in [2.45, 2.75) is 209 Å². The van der Waals surface area contributed by atoms with Crippen LogP contribution < -0.4 is 4.46 Å². The zero-order valence-corrected chi connectivity index (χ0v) is 46.3. The summed E-state index contributed by atoms with van der Waals surface area (Å²) in [6, 6.07) is 7.30. The minimum absolute atomic E-state index is 0.0588. The van der Waals surface area contributed by atoms with Crippen LogP contribution in [0.4, 0.5) is 5.69 Å². The Morgan fingerprint density at radius 2 is 1.13 bits per heavy atom. The van der Waals surface area contributed by atoms with Crippen molar-refractivity contribution < 1.29 is 25.7 Å². The minimum Gasteiger partial charge on any atom is -0.255 e. The fourth-order valence-electron chi connectivity index (χ4n) is 20.3. The molecule has 0 heterocycles. The summed E-state index contributed by atoms with van der Waals surface area (Å²) in [5, 5.41) is 48.2. The van der Waals surface area contributed by atoms with Crippen LogP contribution in [0.3, 0.4) is 0 Å². The fourth-order valence-corrected chi connectivity index (χ4v) is 22.3. The first-order chi connectivity index (χ1) is 32.4. The molecular formula is C60H99NO6Se. The Balaban J connectivity index is 0.000000203. The van der Waals surface area contributed by atoms with Crippen LogP contribution in [-0.4, -0.2) is 52.8 Å². The standard InChI is InChI=1S/C33H51NO3Se.C27H46O.H2O2/c1-6-23-27-20-21(2)15-17-33(27,5)26-16-18-32(4)24(13-14-25(32)30(26)31(23)35)22(3)10-9-19-38-29-12-8-7-11-28(29)34(36)37;1-7-9-18(4)20-10-11-21-24-22(13-15-26(20,21)5)27(6)14-12-17(3)16-23(27)19(8-2)25(24)28;1-2/h7-8,11-12,21-27,30-31,35H,6,9-10,13-20H2,1-5H3;7,17-25,28H,1,8-16H2,2-6H3;1-2H/t21-,22-,23-,24-,25+,26+,27+,30+,31-,32-,33-;17-,18-,19-,20-,21+,22+,23+,24+,25-,26-,27-;/m11./s1. The van der Waals surface area contributed by atoms with Gasteiger partial charge in [-0.15, -0.1) is 6.58 Å². The molecule has 9 rings (SSSR count). The molecule has 0 amide bonds. The summed E-state index contributed by atoms with van der Waals surface area (Å²) >= 11 is 0.161. The van der Waals surface area contributed by atoms with Crippen LogP contribution in [0, 0.1) is 126 Å². The smallest absolute Gasteiger partial charge is 0.255 e. The Kier molecular flexibility index (Phi) is 17.7. The van der Waals surface area contributed by atoms with Gasteiger partial charge in [-0.3, -0.25) is 10.5 Å². The molecule has 386 valence electrons. The molecule has 8 fully saturated rings. The number of allylic oxidation sites excluding steroid dienone is 1. The maximum atomic E-state index is 12.0. The second-order valence-electron chi connectivity index (χ2n) is 26.3. The van der Waals surface area contributed by atoms with E-state index in [4.69, 9.17) is 10.5 Å². The maximum absolute atomic E-state index is 12.0. The van der Waals surface area contributed by atoms with Crippen LogP contribution in [0.2, 0.25) is 5.32 Å². The molecule has 8 heteroatoms. The van der Waals surface area contributed by atoms with Gasteiger partial charge in [0.2, 0.25) is 0 Å². The zero-order chi connectivity index (χ0) is 49.5. The number of nitro groups is 1. The molecule has 4 N–H and O–H groups in total. The van der Waals surface area contributed by atoms with Crippen molar-refractivity contribution in [3.63, 3.8) is 0 Å². The SMILES string of the molecule is C=CC[C@@H](C)[C@H]1CC[C@H]2[C@@H]3[C@H](O)[C@H](CC)[C@@H]4C[C@H](C)CC[C@]4(C)[C@H]3CC[C@]12C.CC[C@H]1[C@@H](O)[C@@H]2[C@H](CC[C@]3(C)[C@@H]([C@H](C)CCC[Se]c4ccccc4[N+](=O)[O-])CC[C@@H]23)[C@@]2(C)CC[C@@H](C)C[C@@H]12.OO. The Hall–Kier alpha value is -1.28. The molecule has 0 aromatic heterocycles. The minimum atomic E-state index is -0.227. The normalized spacial score (nSPS) is 46.6. The zero-order valence-electron chi connectivity index (χ0n) is 44.6. The molecule has 1 aromatic rings. The van der Waals surface area contributed by atoms with Gasteiger partial charge in [0.25, 0.3) is 0 Å². The summed E-state index contributed by atoms with van der Waals surface area (Å²) in [5.41, 5.74) is 1.99. The number of benzene rings is 1. The summed E-state index contributed by atoms with van der Waals surface area (Å²) < 4.78 is 0.935. The van der Waals surface area contributed by atoms with E-state index in [-0.39, 0.29) is 32.1 Å². The van der Waals surface area contributed by atoms with Gasteiger partial charge in [-0.1, -0.05) is 60.5 Å². The first-order valence-corrected chi connectivity index (χ1v) is 30.5. The number of rotatable bonds is 12. The van der Waals surface area contributed by atoms with Crippen molar-refractivity contribution in [3.05, 3.63) is 47.0 Å². The first-order valence-electron chi connectivity index (χ1n) is 28.4. The molecule has 8 aliphatic rings. The third-order valence-corrected chi connectivity index (χ3v) is 26.0. The van der Waals surface area contributed by atoms with Crippen LogP contribution in [0.15, 0.2) is 36.9 Å². The summed E-state index contributed by atoms with van der Waals surface area (Å²) in [5.74, 6) is 11.0. The van der Waals surface area contributed by atoms with Crippen molar-refractivity contribution in [2.75, 3.05) is 0 Å². The third kappa shape index (κ3) is 9.57. The summed E-state index contributed by atoms with van der Waals surface area (Å²) in [6.07, 6.45) is 26.8. The number of para-hydroxylation sites is 1. The monoisotopic (exact) mass is 1010 g/mol. The van der Waals surface area contributed by atoms with E-state index in [9.17, 15) is 20.3 Å². The Bertz CT molecular complexity index is 1840. The number of hydrogen-bond acceptors (Lipinski definition) is 6. The van der Waals surface area contributed by atoms with Crippen molar-refractivity contribution in [1.29, 1.82) is 0 Å². The van der Waals surface area contributed by atoms with Gasteiger partial charge in [0.05, 0.1) is 6.10 Å². The number of aliphatic hydroxyl groups is 2. The molecule has 8 aliphatic carbocycles. The quantitative estimate of drug-likeness (QED) is 0.0413. The van der Waals surface area contributed by atoms with Crippen molar-refractivity contribution in [3.8, 4) is 0 Å². The van der Waals surface area contributed by atoms with Crippen LogP contribution >= 0.6 is 0 Å². The molecule has 0 bridgehead atoms. The van der Waals surface area contributed by atoms with Gasteiger partial charge >= 0.3 is 225 Å². The second kappa shape index (κ2) is 22.1. The summed E-state index contributed by atoms with van der Waals surface area (Å²) in [6.45, 7) is 29.0. The topological polar surface area (TPSA) is 124 Å². The molecule has 0 aliphatic heterocycles. The van der Waals surface area contributed by atoms with E-state index in [1.54, 1.807) is 12.1 Å². The van der Waals surface area contributed by atoms with Gasteiger partial charge in [0.1, 0.15) is 0 Å². The van der Waals surface area contributed by atoms with Crippen molar-refractivity contribution in [1.82, 2.24) is 0 Å². The Labute approximate surface area is 420 Å². The van der Waals surface area contributed by atoms with Crippen LogP contribution in [0.5, 0.6) is 0 Å². The summed E-state index contributed by atoms with van der Waals surface area (Å²) in [4.78, 5) is 11.2. The maximum Gasteiger partial charge on any atom is -0.255 e. The van der Waals surface area contributed by atoms with E-state index >= 15 is 0 Å². The van der Waals surface area contributed by atoms with Gasteiger partial charge in [-0.2, -0.15) is 0 Å². The van der Waals surface area contributed by atoms with E-state index in [1.807, 2.05) is 12.1 Å².